The lowest BCUT2D eigenvalue weighted by molar-refractivity contribution is -0.137. The molecule has 0 atom stereocenters. The van der Waals surface area contributed by atoms with Crippen molar-refractivity contribution in [1.82, 2.24) is 10.0 Å². The Morgan fingerprint density at radius 1 is 0.962 bits per heavy atom. The SMILES string of the molecule is FC(F)(F)c1cccc(C2=CCN(N3C=Cc4ccccc4C3)CC2)c1. The fourth-order valence-corrected chi connectivity index (χ4v) is 3.48. The summed E-state index contributed by atoms with van der Waals surface area (Å²) in [5.41, 5.74) is 3.57. The maximum absolute atomic E-state index is 12.9. The second-order valence-electron chi connectivity index (χ2n) is 6.58. The zero-order chi connectivity index (χ0) is 18.1. The largest absolute Gasteiger partial charge is 0.416 e. The van der Waals surface area contributed by atoms with Crippen molar-refractivity contribution in [2.75, 3.05) is 13.1 Å². The molecule has 2 aromatic rings. The summed E-state index contributed by atoms with van der Waals surface area (Å²) >= 11 is 0. The van der Waals surface area contributed by atoms with Gasteiger partial charge in [-0.1, -0.05) is 42.5 Å². The van der Waals surface area contributed by atoms with E-state index in [9.17, 15) is 13.2 Å². The number of benzene rings is 2. The van der Waals surface area contributed by atoms with Crippen LogP contribution >= 0.6 is 0 Å². The zero-order valence-electron chi connectivity index (χ0n) is 14.2. The van der Waals surface area contributed by atoms with Gasteiger partial charge in [0, 0.05) is 19.3 Å². The van der Waals surface area contributed by atoms with Crippen LogP contribution in [0.15, 0.2) is 60.8 Å². The van der Waals surface area contributed by atoms with Crippen LogP contribution in [0.5, 0.6) is 0 Å². The average Bonchev–Trinajstić information content (AvgIpc) is 2.67. The molecule has 2 aliphatic heterocycles. The van der Waals surface area contributed by atoms with E-state index in [1.54, 1.807) is 6.07 Å². The van der Waals surface area contributed by atoms with Crippen LogP contribution in [-0.4, -0.2) is 23.1 Å². The monoisotopic (exact) mass is 356 g/mol. The predicted octanol–water partition coefficient (Wildman–Crippen LogP) is 5.20. The lowest BCUT2D eigenvalue weighted by atomic mass is 9.98. The topological polar surface area (TPSA) is 6.48 Å². The molecule has 0 aromatic heterocycles. The van der Waals surface area contributed by atoms with Crippen LogP contribution in [0, 0.1) is 0 Å². The Hall–Kier alpha value is -2.53. The molecule has 0 bridgehead atoms. The van der Waals surface area contributed by atoms with E-state index in [0.717, 1.165) is 31.1 Å². The fourth-order valence-electron chi connectivity index (χ4n) is 3.48. The Balaban J connectivity index is 1.48. The van der Waals surface area contributed by atoms with Gasteiger partial charge in [-0.3, -0.25) is 0 Å². The summed E-state index contributed by atoms with van der Waals surface area (Å²) in [6.07, 6.45) is 2.64. The lowest BCUT2D eigenvalue weighted by Crippen LogP contribution is -2.42. The maximum Gasteiger partial charge on any atom is 0.416 e. The second-order valence-corrected chi connectivity index (χ2v) is 6.58. The average molecular weight is 356 g/mol. The van der Waals surface area contributed by atoms with Crippen LogP contribution in [0.25, 0.3) is 11.6 Å². The predicted molar refractivity (Wildman–Crippen MR) is 96.6 cm³/mol. The number of alkyl halides is 3. The van der Waals surface area contributed by atoms with E-state index < -0.39 is 11.7 Å². The van der Waals surface area contributed by atoms with E-state index in [2.05, 4.69) is 34.4 Å². The summed E-state index contributed by atoms with van der Waals surface area (Å²) < 4.78 is 38.8. The summed E-state index contributed by atoms with van der Waals surface area (Å²) in [6, 6.07) is 13.9. The first-order valence-electron chi connectivity index (χ1n) is 8.65. The number of hydrogen-bond acceptors (Lipinski definition) is 2. The zero-order valence-corrected chi connectivity index (χ0v) is 14.2. The summed E-state index contributed by atoms with van der Waals surface area (Å²) in [5, 5.41) is 4.41. The molecule has 0 amide bonds. The molecule has 0 saturated carbocycles. The first-order chi connectivity index (χ1) is 12.5. The minimum absolute atomic E-state index is 0.589. The van der Waals surface area contributed by atoms with Crippen molar-refractivity contribution in [3.63, 3.8) is 0 Å². The van der Waals surface area contributed by atoms with Gasteiger partial charge < -0.3 is 5.01 Å². The number of hydrogen-bond donors (Lipinski definition) is 0. The van der Waals surface area contributed by atoms with Gasteiger partial charge >= 0.3 is 6.18 Å². The normalized spacial score (nSPS) is 17.8. The third-order valence-corrected chi connectivity index (χ3v) is 4.93. The van der Waals surface area contributed by atoms with Crippen LogP contribution in [-0.2, 0) is 12.7 Å². The summed E-state index contributed by atoms with van der Waals surface area (Å²) in [6.45, 7) is 2.30. The van der Waals surface area contributed by atoms with E-state index in [1.165, 1.54) is 23.3 Å². The van der Waals surface area contributed by atoms with Crippen molar-refractivity contribution in [3.05, 3.63) is 83.1 Å². The van der Waals surface area contributed by atoms with E-state index in [4.69, 9.17) is 0 Å². The van der Waals surface area contributed by atoms with E-state index >= 15 is 0 Å². The number of rotatable bonds is 2. The number of hydrazine groups is 1. The van der Waals surface area contributed by atoms with Gasteiger partial charge in [0.05, 0.1) is 12.1 Å². The van der Waals surface area contributed by atoms with Gasteiger partial charge in [-0.05, 0) is 46.9 Å². The Morgan fingerprint density at radius 2 is 1.81 bits per heavy atom. The van der Waals surface area contributed by atoms with Crippen LogP contribution in [0.4, 0.5) is 13.2 Å². The van der Waals surface area contributed by atoms with Crippen LogP contribution in [0.2, 0.25) is 0 Å². The van der Waals surface area contributed by atoms with E-state index in [0.29, 0.717) is 12.1 Å². The Bertz CT molecular complexity index is 868. The van der Waals surface area contributed by atoms with Gasteiger partial charge in [0.1, 0.15) is 0 Å². The van der Waals surface area contributed by atoms with Crippen LogP contribution < -0.4 is 0 Å². The highest BCUT2D eigenvalue weighted by Crippen LogP contribution is 2.32. The standard InChI is InChI=1S/C21H19F3N2/c22-21(23,24)20-7-3-6-18(14-20)17-8-11-25(12-9-17)26-13-10-16-4-1-2-5-19(16)15-26/h1-8,10,13-14H,9,11-12,15H2. The van der Waals surface area contributed by atoms with Crippen molar-refractivity contribution in [2.24, 2.45) is 0 Å². The minimum Gasteiger partial charge on any atom is -0.308 e. The Kier molecular flexibility index (Phi) is 4.32. The Morgan fingerprint density at radius 3 is 2.58 bits per heavy atom. The molecule has 2 nitrogen and oxygen atoms in total. The molecule has 5 heteroatoms. The fraction of sp³-hybridized carbons (Fsp3) is 0.238. The highest BCUT2D eigenvalue weighted by Gasteiger charge is 2.30. The first-order valence-corrected chi connectivity index (χ1v) is 8.65. The molecular weight excluding hydrogens is 337 g/mol. The van der Waals surface area contributed by atoms with Gasteiger partial charge in [-0.15, -0.1) is 0 Å². The number of fused-ring (bicyclic) bond motifs is 1. The van der Waals surface area contributed by atoms with Crippen LogP contribution in [0.3, 0.4) is 0 Å². The molecule has 0 unspecified atom stereocenters. The maximum atomic E-state index is 12.9. The van der Waals surface area contributed by atoms with Crippen molar-refractivity contribution in [1.29, 1.82) is 0 Å². The molecule has 0 spiro atoms. The third kappa shape index (κ3) is 3.40. The van der Waals surface area contributed by atoms with Gasteiger partial charge in [0.25, 0.3) is 0 Å². The molecule has 2 heterocycles. The molecule has 2 aliphatic rings. The lowest BCUT2D eigenvalue weighted by Gasteiger charge is -2.38. The second kappa shape index (κ2) is 6.65. The minimum atomic E-state index is -4.30. The number of nitrogens with zero attached hydrogens (tertiary/aromatic N) is 2. The summed E-state index contributed by atoms with van der Waals surface area (Å²) in [5.74, 6) is 0. The molecule has 134 valence electrons. The van der Waals surface area contributed by atoms with Crippen LogP contribution in [0.1, 0.15) is 28.7 Å². The molecule has 0 fully saturated rings. The third-order valence-electron chi connectivity index (χ3n) is 4.93. The smallest absolute Gasteiger partial charge is 0.308 e. The quantitative estimate of drug-likeness (QED) is 0.730. The van der Waals surface area contributed by atoms with Gasteiger partial charge in [-0.2, -0.15) is 13.2 Å². The summed E-state index contributed by atoms with van der Waals surface area (Å²) in [4.78, 5) is 0. The van der Waals surface area contributed by atoms with Crippen molar-refractivity contribution < 1.29 is 13.2 Å². The molecule has 0 aliphatic carbocycles. The molecule has 0 radical (unpaired) electrons. The molecule has 26 heavy (non-hydrogen) atoms. The van der Waals surface area contributed by atoms with Crippen molar-refractivity contribution in [2.45, 2.75) is 19.1 Å². The highest BCUT2D eigenvalue weighted by atomic mass is 19.4. The first kappa shape index (κ1) is 16.9. The van der Waals surface area contributed by atoms with Crippen molar-refractivity contribution >= 4 is 11.6 Å². The van der Waals surface area contributed by atoms with Crippen molar-refractivity contribution in [3.8, 4) is 0 Å². The molecule has 2 aromatic carbocycles. The van der Waals surface area contributed by atoms with Gasteiger partial charge in [0.2, 0.25) is 0 Å². The molecular formula is C21H19F3N2. The van der Waals surface area contributed by atoms with Gasteiger partial charge in [-0.25, -0.2) is 5.01 Å². The molecule has 4 rings (SSSR count). The highest BCUT2D eigenvalue weighted by molar-refractivity contribution is 5.67. The Labute approximate surface area is 150 Å². The number of halogens is 3. The molecule has 0 saturated heterocycles. The van der Waals surface area contributed by atoms with E-state index in [1.807, 2.05) is 18.2 Å². The summed E-state index contributed by atoms with van der Waals surface area (Å²) in [7, 11) is 0. The van der Waals surface area contributed by atoms with Gasteiger partial charge in [0.15, 0.2) is 0 Å². The van der Waals surface area contributed by atoms with E-state index in [-0.39, 0.29) is 0 Å². The molecule has 0 N–H and O–H groups in total.